The highest BCUT2D eigenvalue weighted by Crippen LogP contribution is 2.24. The normalized spacial score (nSPS) is 13.1. The lowest BCUT2D eigenvalue weighted by Gasteiger charge is -2.20. The lowest BCUT2D eigenvalue weighted by Crippen LogP contribution is -2.25. The van der Waals surface area contributed by atoms with Gasteiger partial charge in [-0.05, 0) is 24.6 Å². The quantitative estimate of drug-likeness (QED) is 0.661. The van der Waals surface area contributed by atoms with E-state index >= 15 is 0 Å². The molecule has 5 nitrogen and oxygen atoms in total. The molecule has 102 valence electrons. The predicted molar refractivity (Wildman–Crippen MR) is 72.0 cm³/mol. The minimum Gasteiger partial charge on any atom is -0.467 e. The fourth-order valence-electron chi connectivity index (χ4n) is 1.91. The van der Waals surface area contributed by atoms with Gasteiger partial charge in [0.15, 0.2) is 4.77 Å². The molecule has 0 aliphatic carbocycles. The Balaban J connectivity index is 3.24. The molecule has 1 aromatic heterocycles. The third-order valence-electron chi connectivity index (χ3n) is 2.73. The van der Waals surface area contributed by atoms with Gasteiger partial charge in [0.1, 0.15) is 11.9 Å². The van der Waals surface area contributed by atoms with Crippen LogP contribution in [0.25, 0.3) is 0 Å². The van der Waals surface area contributed by atoms with Gasteiger partial charge >= 0.3 is 5.97 Å². The van der Waals surface area contributed by atoms with Crippen LogP contribution >= 0.6 is 12.2 Å². The maximum Gasteiger partial charge on any atom is 0.329 e. The third kappa shape index (κ3) is 3.19. The largest absolute Gasteiger partial charge is 0.467 e. The molecular formula is C12H21N3O2S. The molecule has 0 bridgehead atoms. The first-order valence-corrected chi connectivity index (χ1v) is 6.53. The summed E-state index contributed by atoms with van der Waals surface area (Å²) in [5.74, 6) is 1.07. The third-order valence-corrected chi connectivity index (χ3v) is 3.02. The van der Waals surface area contributed by atoms with Crippen LogP contribution in [0, 0.1) is 10.7 Å². The second kappa shape index (κ2) is 6.13. The van der Waals surface area contributed by atoms with Crippen LogP contribution in [0.2, 0.25) is 0 Å². The first-order chi connectivity index (χ1) is 8.38. The van der Waals surface area contributed by atoms with Gasteiger partial charge < -0.3 is 4.74 Å². The zero-order valence-corrected chi connectivity index (χ0v) is 12.4. The fraction of sp³-hybridized carbons (Fsp3) is 0.750. The molecule has 6 heteroatoms. The van der Waals surface area contributed by atoms with Crippen molar-refractivity contribution in [1.29, 1.82) is 0 Å². The Morgan fingerprint density at radius 3 is 2.50 bits per heavy atom. The van der Waals surface area contributed by atoms with Crippen molar-refractivity contribution in [3.8, 4) is 0 Å². The van der Waals surface area contributed by atoms with Crippen LogP contribution in [-0.2, 0) is 9.53 Å². The standard InChI is InChI=1S/C12H21N3O2S/c1-7(2)6-9(11(16)17-5)15-10(8(3)4)13-14-12(15)18/h7-9H,6H2,1-5H3,(H,14,18). The molecule has 0 aromatic carbocycles. The molecule has 0 spiro atoms. The minimum absolute atomic E-state index is 0.192. The van der Waals surface area contributed by atoms with Crippen LogP contribution in [0.15, 0.2) is 0 Å². The van der Waals surface area contributed by atoms with Crippen molar-refractivity contribution >= 4 is 18.2 Å². The molecule has 1 atom stereocenters. The van der Waals surface area contributed by atoms with Gasteiger partial charge in [-0.3, -0.25) is 9.67 Å². The van der Waals surface area contributed by atoms with Crippen molar-refractivity contribution in [1.82, 2.24) is 14.8 Å². The number of rotatable bonds is 5. The van der Waals surface area contributed by atoms with Gasteiger partial charge in [0.05, 0.1) is 7.11 Å². The van der Waals surface area contributed by atoms with Crippen molar-refractivity contribution in [3.05, 3.63) is 10.6 Å². The minimum atomic E-state index is -0.404. The summed E-state index contributed by atoms with van der Waals surface area (Å²) in [6.45, 7) is 8.17. The lowest BCUT2D eigenvalue weighted by atomic mass is 10.0. The average Bonchev–Trinajstić information content (AvgIpc) is 2.66. The molecule has 0 aliphatic rings. The van der Waals surface area contributed by atoms with Gasteiger partial charge in [-0.1, -0.05) is 27.7 Å². The molecule has 0 saturated heterocycles. The molecule has 0 radical (unpaired) electrons. The zero-order chi connectivity index (χ0) is 13.9. The number of hydrogen-bond donors (Lipinski definition) is 1. The summed E-state index contributed by atoms with van der Waals surface area (Å²) in [5.41, 5.74) is 0. The van der Waals surface area contributed by atoms with Crippen molar-refractivity contribution < 1.29 is 9.53 Å². The first kappa shape index (κ1) is 14.9. The number of aromatic nitrogens is 3. The van der Waals surface area contributed by atoms with Crippen LogP contribution in [0.1, 0.15) is 51.9 Å². The Labute approximate surface area is 113 Å². The highest BCUT2D eigenvalue weighted by Gasteiger charge is 2.27. The van der Waals surface area contributed by atoms with Gasteiger partial charge in [-0.15, -0.1) is 0 Å². The fourth-order valence-corrected chi connectivity index (χ4v) is 2.18. The summed E-state index contributed by atoms with van der Waals surface area (Å²) in [4.78, 5) is 11.9. The number of carbonyl (C=O) groups is 1. The van der Waals surface area contributed by atoms with Crippen molar-refractivity contribution in [2.75, 3.05) is 7.11 Å². The topological polar surface area (TPSA) is 59.9 Å². The monoisotopic (exact) mass is 271 g/mol. The second-order valence-electron chi connectivity index (χ2n) is 5.08. The van der Waals surface area contributed by atoms with Crippen LogP contribution in [0.5, 0.6) is 0 Å². The maximum atomic E-state index is 11.9. The molecule has 0 fully saturated rings. The van der Waals surface area contributed by atoms with E-state index in [2.05, 4.69) is 24.0 Å². The van der Waals surface area contributed by atoms with Gasteiger partial charge in [-0.2, -0.15) is 5.10 Å². The summed E-state index contributed by atoms with van der Waals surface area (Å²) < 4.78 is 7.13. The number of methoxy groups -OCH3 is 1. The number of nitrogens with one attached hydrogen (secondary N) is 1. The number of H-pyrrole nitrogens is 1. The number of ether oxygens (including phenoxy) is 1. The smallest absolute Gasteiger partial charge is 0.329 e. The van der Waals surface area contributed by atoms with E-state index < -0.39 is 6.04 Å². The van der Waals surface area contributed by atoms with Crippen molar-refractivity contribution in [2.45, 2.75) is 46.1 Å². The molecule has 1 heterocycles. The van der Waals surface area contributed by atoms with E-state index in [9.17, 15) is 4.79 Å². The van der Waals surface area contributed by atoms with E-state index in [1.54, 1.807) is 4.57 Å². The summed E-state index contributed by atoms with van der Waals surface area (Å²) >= 11 is 5.23. The lowest BCUT2D eigenvalue weighted by molar-refractivity contribution is -0.145. The summed E-state index contributed by atoms with van der Waals surface area (Å²) in [5, 5.41) is 6.96. The predicted octanol–water partition coefficient (Wildman–Crippen LogP) is 2.82. The van der Waals surface area contributed by atoms with E-state index in [0.717, 1.165) is 5.82 Å². The van der Waals surface area contributed by atoms with Gasteiger partial charge in [0.2, 0.25) is 0 Å². The number of nitrogens with zero attached hydrogens (tertiary/aromatic N) is 2. The molecule has 1 aromatic rings. The maximum absolute atomic E-state index is 11.9. The van der Waals surface area contributed by atoms with Crippen LogP contribution < -0.4 is 0 Å². The Hall–Kier alpha value is -1.17. The molecule has 1 rings (SSSR count). The van der Waals surface area contributed by atoms with Crippen LogP contribution in [0.3, 0.4) is 0 Å². The van der Waals surface area contributed by atoms with Crippen LogP contribution in [0.4, 0.5) is 0 Å². The average molecular weight is 271 g/mol. The van der Waals surface area contributed by atoms with Crippen molar-refractivity contribution in [2.24, 2.45) is 5.92 Å². The molecule has 1 N–H and O–H groups in total. The summed E-state index contributed by atoms with van der Waals surface area (Å²) in [6.07, 6.45) is 0.681. The van der Waals surface area contributed by atoms with E-state index in [4.69, 9.17) is 17.0 Å². The Bertz CT molecular complexity index is 462. The molecule has 1 unspecified atom stereocenters. The molecule has 0 aliphatic heterocycles. The highest BCUT2D eigenvalue weighted by atomic mass is 32.1. The van der Waals surface area contributed by atoms with E-state index in [-0.39, 0.29) is 11.9 Å². The number of hydrogen-bond acceptors (Lipinski definition) is 4. The van der Waals surface area contributed by atoms with Crippen LogP contribution in [-0.4, -0.2) is 27.8 Å². The molecule has 0 amide bonds. The molecule has 0 saturated carbocycles. The zero-order valence-electron chi connectivity index (χ0n) is 11.6. The van der Waals surface area contributed by atoms with Gasteiger partial charge in [0, 0.05) is 5.92 Å². The Morgan fingerprint density at radius 1 is 1.44 bits per heavy atom. The highest BCUT2D eigenvalue weighted by molar-refractivity contribution is 7.71. The van der Waals surface area contributed by atoms with E-state index in [1.807, 2.05) is 13.8 Å². The van der Waals surface area contributed by atoms with Gasteiger partial charge in [0.25, 0.3) is 0 Å². The SMILES string of the molecule is COC(=O)C(CC(C)C)n1c(C(C)C)n[nH]c1=S. The first-order valence-electron chi connectivity index (χ1n) is 6.13. The van der Waals surface area contributed by atoms with E-state index in [1.165, 1.54) is 7.11 Å². The van der Waals surface area contributed by atoms with E-state index in [0.29, 0.717) is 17.1 Å². The molecule has 18 heavy (non-hydrogen) atoms. The van der Waals surface area contributed by atoms with Gasteiger partial charge in [-0.25, -0.2) is 4.79 Å². The summed E-state index contributed by atoms with van der Waals surface area (Å²) in [6, 6.07) is -0.404. The molecular weight excluding hydrogens is 250 g/mol. The number of esters is 1. The number of carbonyl (C=O) groups excluding carboxylic acids is 1. The second-order valence-corrected chi connectivity index (χ2v) is 5.47. The Morgan fingerprint density at radius 2 is 2.06 bits per heavy atom. The summed E-state index contributed by atoms with van der Waals surface area (Å²) in [7, 11) is 1.40. The number of aromatic amines is 1. The Kier molecular flexibility index (Phi) is 5.07. The van der Waals surface area contributed by atoms with Crippen molar-refractivity contribution in [3.63, 3.8) is 0 Å².